The topological polar surface area (TPSA) is 93.5 Å². The number of rotatable bonds is 2. The molecule has 1 N–H and O–H groups in total. The molecule has 4 heterocycles. The van der Waals surface area contributed by atoms with Crippen molar-refractivity contribution in [3.8, 4) is 11.3 Å². The van der Waals surface area contributed by atoms with Gasteiger partial charge < -0.3 is 15.0 Å². The maximum atomic E-state index is 13.3. The van der Waals surface area contributed by atoms with Crippen LogP contribution in [0.4, 0.5) is 0 Å². The van der Waals surface area contributed by atoms with Crippen molar-refractivity contribution in [2.24, 2.45) is 0 Å². The predicted molar refractivity (Wildman–Crippen MR) is 106 cm³/mol. The molecular weight excluding hydrogens is 392 g/mol. The van der Waals surface area contributed by atoms with Crippen molar-refractivity contribution >= 4 is 15.7 Å². The van der Waals surface area contributed by atoms with Crippen LogP contribution in [0.5, 0.6) is 0 Å². The molecule has 1 aromatic carbocycles. The highest BCUT2D eigenvalue weighted by Crippen LogP contribution is 2.41. The Labute approximate surface area is 169 Å². The van der Waals surface area contributed by atoms with Gasteiger partial charge in [-0.1, -0.05) is 18.2 Å². The lowest BCUT2D eigenvalue weighted by Crippen LogP contribution is -2.41. The smallest absolute Gasteiger partial charge is 0.274 e. The lowest BCUT2D eigenvalue weighted by Gasteiger charge is -2.27. The molecule has 1 aromatic heterocycles. The fourth-order valence-electron chi connectivity index (χ4n) is 4.49. The molecule has 2 saturated heterocycles. The summed E-state index contributed by atoms with van der Waals surface area (Å²) in [6.07, 6.45) is 1.97. The fourth-order valence-corrected chi connectivity index (χ4v) is 6.08. The van der Waals surface area contributed by atoms with Crippen molar-refractivity contribution < 1.29 is 17.9 Å². The van der Waals surface area contributed by atoms with Gasteiger partial charge in [-0.05, 0) is 25.5 Å². The van der Waals surface area contributed by atoms with Gasteiger partial charge in [-0.3, -0.25) is 9.48 Å². The van der Waals surface area contributed by atoms with Crippen molar-refractivity contribution in [3.63, 3.8) is 0 Å². The van der Waals surface area contributed by atoms with Crippen LogP contribution in [0.3, 0.4) is 0 Å². The first-order valence-corrected chi connectivity index (χ1v) is 11.7. The number of sulfone groups is 1. The molecule has 29 heavy (non-hydrogen) atoms. The third kappa shape index (κ3) is 3.17. The van der Waals surface area contributed by atoms with Crippen LogP contribution in [0.25, 0.3) is 11.3 Å². The average Bonchev–Trinajstić information content (AvgIpc) is 3.13. The number of ether oxygens (including phenoxy) is 1. The van der Waals surface area contributed by atoms with Gasteiger partial charge in [0.15, 0.2) is 15.5 Å². The number of carbonyl (C=O) groups is 1. The van der Waals surface area contributed by atoms with Crippen LogP contribution in [0, 0.1) is 0 Å². The van der Waals surface area contributed by atoms with Crippen LogP contribution >= 0.6 is 0 Å². The zero-order chi connectivity index (χ0) is 20.0. The number of benzene rings is 1. The summed E-state index contributed by atoms with van der Waals surface area (Å²) in [4.78, 5) is 15.3. The molecule has 2 fully saturated rings. The highest BCUT2D eigenvalue weighted by molar-refractivity contribution is 7.90. The van der Waals surface area contributed by atoms with E-state index >= 15 is 0 Å². The van der Waals surface area contributed by atoms with Gasteiger partial charge in [-0.15, -0.1) is 0 Å². The van der Waals surface area contributed by atoms with Gasteiger partial charge in [0.05, 0.1) is 35.6 Å². The van der Waals surface area contributed by atoms with E-state index in [1.54, 1.807) is 17.0 Å². The highest BCUT2D eigenvalue weighted by Gasteiger charge is 2.38. The van der Waals surface area contributed by atoms with Crippen LogP contribution in [0.2, 0.25) is 0 Å². The van der Waals surface area contributed by atoms with Crippen LogP contribution < -0.4 is 5.32 Å². The van der Waals surface area contributed by atoms with Crippen molar-refractivity contribution in [1.29, 1.82) is 0 Å². The maximum Gasteiger partial charge on any atom is 0.274 e. The fraction of sp³-hybridized carbons (Fsp3) is 0.500. The first-order valence-electron chi connectivity index (χ1n) is 10.1. The Morgan fingerprint density at radius 1 is 1.21 bits per heavy atom. The van der Waals surface area contributed by atoms with Crippen molar-refractivity contribution in [2.75, 3.05) is 39.4 Å². The second-order valence-corrected chi connectivity index (χ2v) is 9.74. The van der Waals surface area contributed by atoms with E-state index < -0.39 is 9.84 Å². The zero-order valence-corrected chi connectivity index (χ0v) is 17.0. The lowest BCUT2D eigenvalue weighted by molar-refractivity contribution is 0.0297. The third-order valence-electron chi connectivity index (χ3n) is 5.94. The Hall–Kier alpha value is -2.23. The van der Waals surface area contributed by atoms with E-state index in [1.807, 2.05) is 16.8 Å². The van der Waals surface area contributed by atoms with Crippen LogP contribution in [0.15, 0.2) is 29.2 Å². The number of fused-ring (bicyclic) bond motifs is 3. The monoisotopic (exact) mass is 416 g/mol. The van der Waals surface area contributed by atoms with Gasteiger partial charge >= 0.3 is 0 Å². The van der Waals surface area contributed by atoms with E-state index in [0.29, 0.717) is 42.3 Å². The average molecular weight is 417 g/mol. The second kappa shape index (κ2) is 7.23. The molecule has 0 saturated carbocycles. The summed E-state index contributed by atoms with van der Waals surface area (Å²) >= 11 is 0. The minimum Gasteiger partial charge on any atom is -0.378 e. The molecule has 0 unspecified atom stereocenters. The zero-order valence-electron chi connectivity index (χ0n) is 16.1. The van der Waals surface area contributed by atoms with Crippen LogP contribution in [0.1, 0.15) is 34.9 Å². The number of amides is 1. The molecule has 0 radical (unpaired) electrons. The number of hydrogen-bond donors (Lipinski definition) is 1. The van der Waals surface area contributed by atoms with E-state index in [-0.39, 0.29) is 23.4 Å². The van der Waals surface area contributed by atoms with E-state index in [9.17, 15) is 13.2 Å². The van der Waals surface area contributed by atoms with E-state index in [2.05, 4.69) is 5.32 Å². The minimum atomic E-state index is -3.52. The number of hydrogen-bond acceptors (Lipinski definition) is 6. The Kier molecular flexibility index (Phi) is 4.68. The standard InChI is InChI=1S/C20H24N4O4S/c25-20(23-8-10-28-11-9-23)18-16-13-29(26,27)17-6-2-1-5-15(17)19(16)24(22-18)14-4-3-7-21-12-14/h1-2,5-6,14,21H,3-4,7-13H2/t14-/m0/s1. The maximum absolute atomic E-state index is 13.3. The molecule has 1 amide bonds. The van der Waals surface area contributed by atoms with Crippen molar-refractivity contribution in [3.05, 3.63) is 35.5 Å². The lowest BCUT2D eigenvalue weighted by atomic mass is 10.0. The molecule has 0 bridgehead atoms. The molecule has 0 aliphatic carbocycles. The molecule has 5 rings (SSSR count). The highest BCUT2D eigenvalue weighted by atomic mass is 32.2. The number of carbonyl (C=O) groups excluding carboxylic acids is 1. The second-order valence-electron chi connectivity index (χ2n) is 7.78. The van der Waals surface area contributed by atoms with Crippen LogP contribution in [-0.4, -0.2) is 68.4 Å². The van der Waals surface area contributed by atoms with Gasteiger partial charge in [-0.25, -0.2) is 8.42 Å². The molecule has 2 aromatic rings. The number of morpholine rings is 1. The van der Waals surface area contributed by atoms with Crippen molar-refractivity contribution in [2.45, 2.75) is 29.5 Å². The first kappa shape index (κ1) is 18.8. The molecule has 3 aliphatic rings. The quantitative estimate of drug-likeness (QED) is 0.792. The number of aromatic nitrogens is 2. The molecule has 1 atom stereocenters. The SMILES string of the molecule is O=C(c1nn([C@H]2CCCNC2)c2c1CS(=O)(=O)c1ccccc1-2)N1CCOCC1. The summed E-state index contributed by atoms with van der Waals surface area (Å²) in [5.41, 5.74) is 2.23. The Bertz CT molecular complexity index is 1050. The molecule has 3 aliphatic heterocycles. The molecule has 8 nitrogen and oxygen atoms in total. The normalized spacial score (nSPS) is 23.3. The Balaban J connectivity index is 1.68. The summed E-state index contributed by atoms with van der Waals surface area (Å²) in [6.45, 7) is 3.69. The number of piperidine rings is 1. The van der Waals surface area contributed by atoms with Crippen molar-refractivity contribution in [1.82, 2.24) is 20.0 Å². The number of nitrogens with one attached hydrogen (secondary N) is 1. The molecule has 9 heteroatoms. The molecule has 0 spiro atoms. The summed E-state index contributed by atoms with van der Waals surface area (Å²) in [7, 11) is -3.52. The first-order chi connectivity index (χ1) is 14.1. The molecular formula is C20H24N4O4S. The van der Waals surface area contributed by atoms with Gasteiger partial charge in [0.2, 0.25) is 0 Å². The van der Waals surface area contributed by atoms with E-state index in [4.69, 9.17) is 9.84 Å². The third-order valence-corrected chi connectivity index (χ3v) is 7.63. The van der Waals surface area contributed by atoms with Gasteiger partial charge in [0.25, 0.3) is 5.91 Å². The minimum absolute atomic E-state index is 0.0950. The Morgan fingerprint density at radius 3 is 2.76 bits per heavy atom. The Morgan fingerprint density at radius 2 is 2.00 bits per heavy atom. The van der Waals surface area contributed by atoms with Gasteiger partial charge in [0, 0.05) is 30.8 Å². The van der Waals surface area contributed by atoms with Gasteiger partial charge in [0.1, 0.15) is 0 Å². The molecule has 154 valence electrons. The van der Waals surface area contributed by atoms with E-state index in [1.165, 1.54) is 0 Å². The summed E-state index contributed by atoms with van der Waals surface area (Å²) < 4.78 is 33.2. The number of nitrogens with zero attached hydrogens (tertiary/aromatic N) is 3. The summed E-state index contributed by atoms with van der Waals surface area (Å²) in [5, 5.41) is 8.13. The van der Waals surface area contributed by atoms with Gasteiger partial charge in [-0.2, -0.15) is 5.10 Å². The van der Waals surface area contributed by atoms with Crippen LogP contribution in [-0.2, 0) is 20.3 Å². The largest absolute Gasteiger partial charge is 0.378 e. The predicted octanol–water partition coefficient (Wildman–Crippen LogP) is 1.23. The summed E-state index contributed by atoms with van der Waals surface area (Å²) in [5.74, 6) is -0.396. The summed E-state index contributed by atoms with van der Waals surface area (Å²) in [6, 6.07) is 7.14. The van der Waals surface area contributed by atoms with E-state index in [0.717, 1.165) is 31.6 Å².